The van der Waals surface area contributed by atoms with Gasteiger partial charge in [-0.1, -0.05) is 25.2 Å². The summed E-state index contributed by atoms with van der Waals surface area (Å²) in [6.07, 6.45) is 0.935. The average Bonchev–Trinajstić information content (AvgIpc) is 2.69. The summed E-state index contributed by atoms with van der Waals surface area (Å²) in [5.74, 6) is 0. The van der Waals surface area contributed by atoms with Crippen LogP contribution in [0, 0.1) is 6.92 Å². The normalized spacial score (nSPS) is 10.5. The summed E-state index contributed by atoms with van der Waals surface area (Å²) in [4.78, 5) is 6.16. The molecule has 0 unspecified atom stereocenters. The second-order valence-corrected chi connectivity index (χ2v) is 6.52. The summed E-state index contributed by atoms with van der Waals surface area (Å²) in [6.45, 7) is 4.18. The average molecular weight is 356 g/mol. The molecular formula is C13H14BrN3S2. The number of hydrogen-bond acceptors (Lipinski definition) is 4. The third-order valence-electron chi connectivity index (χ3n) is 2.73. The van der Waals surface area contributed by atoms with Gasteiger partial charge in [0, 0.05) is 14.9 Å². The maximum Gasteiger partial charge on any atom is 0.187 e. The van der Waals surface area contributed by atoms with E-state index < -0.39 is 0 Å². The number of aryl methyl sites for hydroxylation is 2. The Morgan fingerprint density at radius 3 is 2.84 bits per heavy atom. The Labute approximate surface area is 130 Å². The van der Waals surface area contributed by atoms with Gasteiger partial charge in [0.15, 0.2) is 5.13 Å². The number of rotatable bonds is 4. The van der Waals surface area contributed by atoms with Crippen molar-refractivity contribution in [2.45, 2.75) is 20.3 Å². The van der Waals surface area contributed by atoms with Gasteiger partial charge in [0.05, 0.1) is 11.4 Å². The monoisotopic (exact) mass is 355 g/mol. The molecule has 1 aromatic heterocycles. The summed E-state index contributed by atoms with van der Waals surface area (Å²) in [7, 11) is 0. The van der Waals surface area contributed by atoms with Crippen molar-refractivity contribution in [1.29, 1.82) is 0 Å². The Morgan fingerprint density at radius 1 is 1.53 bits per heavy atom. The van der Waals surface area contributed by atoms with Gasteiger partial charge in [0.1, 0.15) is 4.99 Å². The van der Waals surface area contributed by atoms with Gasteiger partial charge in [-0.3, -0.25) is 0 Å². The molecule has 0 amide bonds. The van der Waals surface area contributed by atoms with E-state index in [1.807, 2.05) is 18.2 Å². The molecule has 2 aromatic rings. The number of thiazole rings is 1. The van der Waals surface area contributed by atoms with Gasteiger partial charge in [-0.05, 0) is 41.4 Å². The van der Waals surface area contributed by atoms with E-state index in [4.69, 9.17) is 18.0 Å². The molecule has 0 saturated heterocycles. The third-order valence-corrected chi connectivity index (χ3v) is 4.52. The van der Waals surface area contributed by atoms with Crippen molar-refractivity contribution in [2.75, 3.05) is 5.32 Å². The summed E-state index contributed by atoms with van der Waals surface area (Å²) in [6, 6.07) is 5.81. The van der Waals surface area contributed by atoms with Gasteiger partial charge < -0.3 is 11.1 Å². The molecule has 3 N–H and O–H groups in total. The van der Waals surface area contributed by atoms with Crippen molar-refractivity contribution in [3.63, 3.8) is 0 Å². The van der Waals surface area contributed by atoms with Crippen LogP contribution in [-0.2, 0) is 6.42 Å². The highest BCUT2D eigenvalue weighted by atomic mass is 79.9. The zero-order valence-corrected chi connectivity index (χ0v) is 13.9. The molecule has 0 radical (unpaired) electrons. The largest absolute Gasteiger partial charge is 0.389 e. The minimum absolute atomic E-state index is 0.360. The number of halogens is 1. The molecule has 19 heavy (non-hydrogen) atoms. The number of thiocarbonyl (C=S) groups is 1. The second-order valence-electron chi connectivity index (χ2n) is 4.03. The van der Waals surface area contributed by atoms with Crippen molar-refractivity contribution in [3.05, 3.63) is 38.8 Å². The van der Waals surface area contributed by atoms with E-state index in [-0.39, 0.29) is 0 Å². The molecule has 6 heteroatoms. The quantitative estimate of drug-likeness (QED) is 0.808. The molecular weight excluding hydrogens is 342 g/mol. The lowest BCUT2D eigenvalue weighted by Crippen LogP contribution is -2.12. The molecule has 0 aliphatic rings. The van der Waals surface area contributed by atoms with Gasteiger partial charge in [-0.25, -0.2) is 4.98 Å². The Bertz CT molecular complexity index is 622. The third kappa shape index (κ3) is 3.13. The summed E-state index contributed by atoms with van der Waals surface area (Å²) in [5, 5.41) is 4.17. The maximum absolute atomic E-state index is 5.77. The first-order valence-corrected chi connectivity index (χ1v) is 7.86. The van der Waals surface area contributed by atoms with Crippen LogP contribution in [-0.4, -0.2) is 9.97 Å². The Kier molecular flexibility index (Phi) is 4.54. The topological polar surface area (TPSA) is 50.9 Å². The number of hydrogen-bond donors (Lipinski definition) is 2. The zero-order chi connectivity index (χ0) is 14.0. The number of aromatic nitrogens is 1. The van der Waals surface area contributed by atoms with E-state index in [1.165, 1.54) is 4.88 Å². The lowest BCUT2D eigenvalue weighted by Gasteiger charge is -2.10. The first kappa shape index (κ1) is 14.4. The van der Waals surface area contributed by atoms with E-state index in [9.17, 15) is 0 Å². The Morgan fingerprint density at radius 2 is 2.26 bits per heavy atom. The summed E-state index contributed by atoms with van der Waals surface area (Å²) in [5.41, 5.74) is 8.58. The van der Waals surface area contributed by atoms with E-state index in [1.54, 1.807) is 11.3 Å². The number of anilines is 2. The van der Waals surface area contributed by atoms with E-state index in [0.29, 0.717) is 4.99 Å². The first-order valence-electron chi connectivity index (χ1n) is 5.84. The molecule has 2 rings (SSSR count). The molecule has 0 fully saturated rings. The lowest BCUT2D eigenvalue weighted by atomic mass is 10.2. The van der Waals surface area contributed by atoms with Crippen LogP contribution < -0.4 is 11.1 Å². The molecule has 0 spiro atoms. The summed E-state index contributed by atoms with van der Waals surface area (Å²) >= 11 is 10.2. The minimum atomic E-state index is 0.360. The smallest absolute Gasteiger partial charge is 0.187 e. The fourth-order valence-electron chi connectivity index (χ4n) is 1.80. The summed E-state index contributed by atoms with van der Waals surface area (Å²) < 4.78 is 0.883. The number of nitrogens with zero attached hydrogens (tertiary/aromatic N) is 1. The van der Waals surface area contributed by atoms with Crippen molar-refractivity contribution < 1.29 is 0 Å². The number of nitrogens with one attached hydrogen (secondary N) is 1. The fraction of sp³-hybridized carbons (Fsp3) is 0.231. The van der Waals surface area contributed by atoms with Crippen molar-refractivity contribution in [2.24, 2.45) is 5.73 Å². The SMILES string of the molecule is CCc1nc(Nc2cccc(Br)c2C(N)=S)sc1C. The zero-order valence-electron chi connectivity index (χ0n) is 10.7. The Hall–Kier alpha value is -0.980. The minimum Gasteiger partial charge on any atom is -0.389 e. The molecule has 100 valence electrons. The number of benzene rings is 1. The van der Waals surface area contributed by atoms with E-state index in [2.05, 4.69) is 40.1 Å². The van der Waals surface area contributed by atoms with Crippen LogP contribution in [0.3, 0.4) is 0 Å². The standard InChI is InChI=1S/C13H14BrN3S2/c1-3-9-7(2)19-13(16-9)17-10-6-4-5-8(14)11(10)12(15)18/h4-6H,3H2,1-2H3,(H2,15,18)(H,16,17). The van der Waals surface area contributed by atoms with Crippen LogP contribution in [0.15, 0.2) is 22.7 Å². The fourth-order valence-corrected chi connectivity index (χ4v) is 3.65. The first-order chi connectivity index (χ1) is 9.02. The molecule has 0 saturated carbocycles. The highest BCUT2D eigenvalue weighted by Gasteiger charge is 2.12. The van der Waals surface area contributed by atoms with Crippen LogP contribution >= 0.6 is 39.5 Å². The molecule has 0 atom stereocenters. The highest BCUT2D eigenvalue weighted by molar-refractivity contribution is 9.10. The Balaban J connectivity index is 2.37. The van der Waals surface area contributed by atoms with Crippen molar-refractivity contribution in [3.8, 4) is 0 Å². The molecule has 0 bridgehead atoms. The van der Waals surface area contributed by atoms with Gasteiger partial charge in [0.2, 0.25) is 0 Å². The van der Waals surface area contributed by atoms with Crippen LogP contribution in [0.25, 0.3) is 0 Å². The van der Waals surface area contributed by atoms with Gasteiger partial charge in [-0.15, -0.1) is 11.3 Å². The van der Waals surface area contributed by atoms with Gasteiger partial charge >= 0.3 is 0 Å². The van der Waals surface area contributed by atoms with Gasteiger partial charge in [0.25, 0.3) is 0 Å². The van der Waals surface area contributed by atoms with Crippen molar-refractivity contribution >= 4 is 55.3 Å². The van der Waals surface area contributed by atoms with Crippen LogP contribution in [0.2, 0.25) is 0 Å². The van der Waals surface area contributed by atoms with E-state index >= 15 is 0 Å². The molecule has 0 aliphatic heterocycles. The predicted octanol–water partition coefficient (Wildman–Crippen LogP) is 4.15. The van der Waals surface area contributed by atoms with Crippen LogP contribution in [0.5, 0.6) is 0 Å². The van der Waals surface area contributed by atoms with Crippen LogP contribution in [0.1, 0.15) is 23.1 Å². The molecule has 1 heterocycles. The second kappa shape index (κ2) is 5.98. The molecule has 0 aliphatic carbocycles. The van der Waals surface area contributed by atoms with E-state index in [0.717, 1.165) is 33.0 Å². The lowest BCUT2D eigenvalue weighted by molar-refractivity contribution is 1.05. The van der Waals surface area contributed by atoms with Crippen molar-refractivity contribution in [1.82, 2.24) is 4.98 Å². The van der Waals surface area contributed by atoms with Gasteiger partial charge in [-0.2, -0.15) is 0 Å². The molecule has 3 nitrogen and oxygen atoms in total. The maximum atomic E-state index is 5.77. The number of nitrogens with two attached hydrogens (primary N) is 1. The van der Waals surface area contributed by atoms with Crippen LogP contribution in [0.4, 0.5) is 10.8 Å². The highest BCUT2D eigenvalue weighted by Crippen LogP contribution is 2.30. The predicted molar refractivity (Wildman–Crippen MR) is 89.5 cm³/mol. The molecule has 1 aromatic carbocycles.